The monoisotopic (exact) mass is 310 g/mol. The van der Waals surface area contributed by atoms with Gasteiger partial charge in [0.05, 0.1) is 12.1 Å². The lowest BCUT2D eigenvalue weighted by Crippen LogP contribution is -2.25. The lowest BCUT2D eigenvalue weighted by molar-refractivity contribution is -0.131. The molecule has 0 bridgehead atoms. The quantitative estimate of drug-likeness (QED) is 0.814. The van der Waals surface area contributed by atoms with E-state index >= 15 is 0 Å². The number of alkyl halides is 3. The van der Waals surface area contributed by atoms with Crippen molar-refractivity contribution in [3.8, 4) is 0 Å². The molecule has 1 rings (SSSR count). The van der Waals surface area contributed by atoms with Gasteiger partial charge in [-0.1, -0.05) is 19.1 Å². The number of para-hydroxylation sites is 1. The van der Waals surface area contributed by atoms with Gasteiger partial charge in [0.15, 0.2) is 0 Å². The van der Waals surface area contributed by atoms with Gasteiger partial charge in [0.2, 0.25) is 10.0 Å². The number of rotatable bonds is 7. The Bertz CT molecular complexity index is 530. The van der Waals surface area contributed by atoms with Gasteiger partial charge in [-0.25, -0.2) is 13.1 Å². The van der Waals surface area contributed by atoms with Crippen LogP contribution in [-0.4, -0.2) is 27.7 Å². The molecule has 0 amide bonds. The second kappa shape index (κ2) is 6.94. The molecule has 0 saturated heterocycles. The molecule has 0 aliphatic carbocycles. The van der Waals surface area contributed by atoms with Gasteiger partial charge in [-0.2, -0.15) is 13.2 Å². The predicted octanol–water partition coefficient (Wildman–Crippen LogP) is 2.74. The molecule has 4 nitrogen and oxygen atoms in total. The van der Waals surface area contributed by atoms with Crippen LogP contribution in [0.1, 0.15) is 19.8 Å². The molecule has 0 heterocycles. The molecular weight excluding hydrogens is 293 g/mol. The minimum Gasteiger partial charge on any atom is -0.384 e. The molecule has 20 heavy (non-hydrogen) atoms. The molecule has 0 atom stereocenters. The van der Waals surface area contributed by atoms with E-state index in [2.05, 4.69) is 10.0 Å². The van der Waals surface area contributed by atoms with Crippen LogP contribution in [-0.2, 0) is 10.0 Å². The van der Waals surface area contributed by atoms with Crippen LogP contribution in [0.25, 0.3) is 0 Å². The zero-order chi connectivity index (χ0) is 15.2. The molecule has 1 aromatic rings. The van der Waals surface area contributed by atoms with Crippen molar-refractivity contribution in [2.75, 3.05) is 18.4 Å². The lowest BCUT2D eigenvalue weighted by Gasteiger charge is -2.13. The first-order valence-corrected chi connectivity index (χ1v) is 7.64. The maximum Gasteiger partial charge on any atom is 0.390 e. The van der Waals surface area contributed by atoms with Crippen LogP contribution >= 0.6 is 0 Å². The summed E-state index contributed by atoms with van der Waals surface area (Å²) in [6, 6.07) is 5.88. The smallest absolute Gasteiger partial charge is 0.384 e. The number of halogens is 3. The number of hydrogen-bond acceptors (Lipinski definition) is 3. The molecule has 0 radical (unpaired) electrons. The molecule has 0 aliphatic rings. The molecule has 1 aromatic carbocycles. The fourth-order valence-corrected chi connectivity index (χ4v) is 2.82. The minimum absolute atomic E-state index is 0.0457. The van der Waals surface area contributed by atoms with E-state index in [4.69, 9.17) is 0 Å². The number of hydrogen-bond donors (Lipinski definition) is 2. The largest absolute Gasteiger partial charge is 0.390 e. The van der Waals surface area contributed by atoms with Crippen molar-refractivity contribution in [1.82, 2.24) is 4.72 Å². The summed E-state index contributed by atoms with van der Waals surface area (Å²) in [7, 11) is -3.71. The van der Waals surface area contributed by atoms with Crippen molar-refractivity contribution in [2.45, 2.75) is 30.8 Å². The van der Waals surface area contributed by atoms with Gasteiger partial charge in [0, 0.05) is 13.1 Å². The van der Waals surface area contributed by atoms with Crippen LogP contribution in [0.4, 0.5) is 18.9 Å². The first-order valence-electron chi connectivity index (χ1n) is 6.15. The van der Waals surface area contributed by atoms with E-state index in [9.17, 15) is 21.6 Å². The van der Waals surface area contributed by atoms with Crippen molar-refractivity contribution in [3.05, 3.63) is 24.3 Å². The second-order valence-corrected chi connectivity index (χ2v) is 5.92. The van der Waals surface area contributed by atoms with Gasteiger partial charge in [-0.15, -0.1) is 0 Å². The van der Waals surface area contributed by atoms with Crippen LogP contribution in [0, 0.1) is 0 Å². The SMILES string of the molecule is CCCNS(=O)(=O)c1ccccc1NCCC(F)(F)F. The van der Waals surface area contributed by atoms with Crippen LogP contribution in [0.5, 0.6) is 0 Å². The van der Waals surface area contributed by atoms with Crippen LogP contribution in [0.3, 0.4) is 0 Å². The number of anilines is 1. The summed E-state index contributed by atoms with van der Waals surface area (Å²) in [5, 5.41) is 2.51. The van der Waals surface area contributed by atoms with Crippen LogP contribution in [0.15, 0.2) is 29.2 Å². The standard InChI is InChI=1S/C12H17F3N2O2S/c1-2-8-17-20(18,19)11-6-4-3-5-10(11)16-9-7-12(13,14)15/h3-6,16-17H,2,7-9H2,1H3. The molecule has 2 N–H and O–H groups in total. The Morgan fingerprint density at radius 2 is 1.80 bits per heavy atom. The van der Waals surface area contributed by atoms with E-state index in [1.807, 2.05) is 6.92 Å². The number of benzene rings is 1. The van der Waals surface area contributed by atoms with Gasteiger partial charge >= 0.3 is 6.18 Å². The molecule has 0 unspecified atom stereocenters. The highest BCUT2D eigenvalue weighted by atomic mass is 32.2. The summed E-state index contributed by atoms with van der Waals surface area (Å²) in [6.45, 7) is 1.72. The van der Waals surface area contributed by atoms with Gasteiger partial charge in [0.25, 0.3) is 0 Å². The Balaban J connectivity index is 2.83. The summed E-state index contributed by atoms with van der Waals surface area (Å²) < 4.78 is 62.6. The van der Waals surface area contributed by atoms with E-state index in [1.54, 1.807) is 6.07 Å². The minimum atomic E-state index is -4.28. The Hall–Kier alpha value is -1.28. The van der Waals surface area contributed by atoms with E-state index in [-0.39, 0.29) is 23.7 Å². The Morgan fingerprint density at radius 3 is 2.40 bits per heavy atom. The molecule has 0 fully saturated rings. The maximum absolute atomic E-state index is 12.1. The summed E-state index contributed by atoms with van der Waals surface area (Å²) in [5.41, 5.74) is 0.167. The Morgan fingerprint density at radius 1 is 1.15 bits per heavy atom. The summed E-state index contributed by atoms with van der Waals surface area (Å²) >= 11 is 0. The Kier molecular flexibility index (Phi) is 5.82. The maximum atomic E-state index is 12.1. The average molecular weight is 310 g/mol. The van der Waals surface area contributed by atoms with Crippen LogP contribution in [0.2, 0.25) is 0 Å². The topological polar surface area (TPSA) is 58.2 Å². The van der Waals surface area contributed by atoms with Gasteiger partial charge in [-0.3, -0.25) is 0 Å². The summed E-state index contributed by atoms with van der Waals surface area (Å²) in [5.74, 6) is 0. The van der Waals surface area contributed by atoms with Crippen molar-refractivity contribution >= 4 is 15.7 Å². The molecule has 8 heteroatoms. The third-order valence-electron chi connectivity index (χ3n) is 2.44. The predicted molar refractivity (Wildman–Crippen MR) is 71.1 cm³/mol. The van der Waals surface area contributed by atoms with Crippen molar-refractivity contribution in [2.24, 2.45) is 0 Å². The molecule has 0 aliphatic heterocycles. The van der Waals surface area contributed by atoms with Gasteiger partial charge in [0.1, 0.15) is 4.90 Å². The highest BCUT2D eigenvalue weighted by Gasteiger charge is 2.26. The third-order valence-corrected chi connectivity index (χ3v) is 3.96. The molecule has 114 valence electrons. The fraction of sp³-hybridized carbons (Fsp3) is 0.500. The zero-order valence-corrected chi connectivity index (χ0v) is 11.8. The first kappa shape index (κ1) is 16.8. The van der Waals surface area contributed by atoms with Crippen LogP contribution < -0.4 is 10.0 Å². The van der Waals surface area contributed by atoms with Gasteiger partial charge in [-0.05, 0) is 18.6 Å². The second-order valence-electron chi connectivity index (χ2n) is 4.19. The van der Waals surface area contributed by atoms with Crippen molar-refractivity contribution < 1.29 is 21.6 Å². The summed E-state index contributed by atoms with van der Waals surface area (Å²) in [6.07, 6.45) is -4.67. The zero-order valence-electron chi connectivity index (χ0n) is 11.0. The molecule has 0 aromatic heterocycles. The lowest BCUT2D eigenvalue weighted by atomic mass is 10.3. The molecular formula is C12H17F3N2O2S. The average Bonchev–Trinajstić information content (AvgIpc) is 2.35. The number of nitrogens with one attached hydrogen (secondary N) is 2. The van der Waals surface area contributed by atoms with E-state index in [1.165, 1.54) is 18.2 Å². The fourth-order valence-electron chi connectivity index (χ4n) is 1.50. The summed E-state index contributed by atoms with van der Waals surface area (Å²) in [4.78, 5) is -0.0457. The Labute approximate surface area is 116 Å². The number of sulfonamides is 1. The molecule has 0 spiro atoms. The van der Waals surface area contributed by atoms with E-state index in [0.717, 1.165) is 0 Å². The highest BCUT2D eigenvalue weighted by molar-refractivity contribution is 7.89. The van der Waals surface area contributed by atoms with E-state index < -0.39 is 22.6 Å². The third kappa shape index (κ3) is 5.38. The van der Waals surface area contributed by atoms with Crippen molar-refractivity contribution in [3.63, 3.8) is 0 Å². The van der Waals surface area contributed by atoms with Gasteiger partial charge < -0.3 is 5.32 Å². The first-order chi connectivity index (χ1) is 9.26. The normalized spacial score (nSPS) is 12.4. The van der Waals surface area contributed by atoms with E-state index in [0.29, 0.717) is 6.42 Å². The molecule has 0 saturated carbocycles. The van der Waals surface area contributed by atoms with Crippen molar-refractivity contribution in [1.29, 1.82) is 0 Å². The highest BCUT2D eigenvalue weighted by Crippen LogP contribution is 2.23.